The lowest BCUT2D eigenvalue weighted by molar-refractivity contribution is -0.233. The highest BCUT2D eigenvalue weighted by Crippen LogP contribution is 2.35. The highest BCUT2D eigenvalue weighted by Gasteiger charge is 2.43. The number of cyclic esters (lactones) is 2. The number of esters is 2. The molecule has 3 aromatic rings. The number of carbonyl (C=O) groups excluding carboxylic acids is 2. The minimum atomic E-state index is -1.51. The van der Waals surface area contributed by atoms with Gasteiger partial charge in [-0.05, 0) is 41.5 Å². The lowest BCUT2D eigenvalue weighted by atomic mass is 10.0. The summed E-state index contributed by atoms with van der Waals surface area (Å²) in [6, 6.07) is 20.0. The van der Waals surface area contributed by atoms with E-state index in [1.54, 1.807) is 60.7 Å². The third kappa shape index (κ3) is 5.16. The second-order valence-corrected chi connectivity index (χ2v) is 7.85. The molecule has 1 heterocycles. The lowest BCUT2D eigenvalue weighted by Crippen LogP contribution is -2.42. The molecule has 0 spiro atoms. The van der Waals surface area contributed by atoms with E-state index in [0.717, 1.165) is 0 Å². The van der Waals surface area contributed by atoms with E-state index in [1.165, 1.54) is 32.2 Å². The summed E-state index contributed by atoms with van der Waals surface area (Å²) in [4.78, 5) is 36.5. The van der Waals surface area contributed by atoms with Gasteiger partial charge in [0.2, 0.25) is 0 Å². The highest BCUT2D eigenvalue weighted by atomic mass is 16.7. The summed E-state index contributed by atoms with van der Waals surface area (Å²) < 4.78 is 22.1. The summed E-state index contributed by atoms with van der Waals surface area (Å²) in [6.07, 6.45) is 1.36. The Morgan fingerprint density at radius 1 is 0.943 bits per heavy atom. The van der Waals surface area contributed by atoms with E-state index in [2.05, 4.69) is 0 Å². The molecular formula is C27H22O8. The molecule has 3 aromatic carbocycles. The summed E-state index contributed by atoms with van der Waals surface area (Å²) in [7, 11) is 1.46. The van der Waals surface area contributed by atoms with Crippen molar-refractivity contribution >= 4 is 24.0 Å². The standard InChI is InChI=1S/C27H22O8/c1-27(20-9-4-3-5-10-20)34-25(30)21(26(31)35-27)14-17-11-12-22(23(15-17)32-2)33-16-18-7-6-8-19(13-18)24(28)29/h3-15H,16H2,1-2H3,(H,28,29). The molecule has 1 N–H and O–H groups in total. The third-order valence-corrected chi connectivity index (χ3v) is 5.38. The van der Waals surface area contributed by atoms with Crippen molar-refractivity contribution in [1.29, 1.82) is 0 Å². The van der Waals surface area contributed by atoms with Crippen molar-refractivity contribution in [2.75, 3.05) is 7.11 Å². The van der Waals surface area contributed by atoms with Gasteiger partial charge in [-0.15, -0.1) is 0 Å². The monoisotopic (exact) mass is 474 g/mol. The normalized spacial score (nSPS) is 17.3. The van der Waals surface area contributed by atoms with E-state index in [4.69, 9.17) is 24.1 Å². The van der Waals surface area contributed by atoms with Crippen LogP contribution in [0, 0.1) is 0 Å². The number of hydrogen-bond donors (Lipinski definition) is 1. The van der Waals surface area contributed by atoms with Crippen LogP contribution in [0.5, 0.6) is 11.5 Å². The zero-order chi connectivity index (χ0) is 25.0. The first kappa shape index (κ1) is 23.6. The number of benzene rings is 3. The number of methoxy groups -OCH3 is 1. The quantitative estimate of drug-likeness (QED) is 0.306. The van der Waals surface area contributed by atoms with Crippen molar-refractivity contribution in [3.8, 4) is 11.5 Å². The van der Waals surface area contributed by atoms with Crippen LogP contribution in [-0.4, -0.2) is 30.1 Å². The van der Waals surface area contributed by atoms with Crippen molar-refractivity contribution in [3.05, 3.63) is 101 Å². The predicted molar refractivity (Wildman–Crippen MR) is 125 cm³/mol. The van der Waals surface area contributed by atoms with Gasteiger partial charge >= 0.3 is 17.9 Å². The van der Waals surface area contributed by atoms with Crippen LogP contribution in [0.1, 0.15) is 34.0 Å². The van der Waals surface area contributed by atoms with Crippen molar-refractivity contribution in [3.63, 3.8) is 0 Å². The molecule has 0 saturated carbocycles. The Kier molecular flexibility index (Phi) is 6.55. The number of hydrogen-bond acceptors (Lipinski definition) is 7. The van der Waals surface area contributed by atoms with Crippen molar-refractivity contribution in [2.24, 2.45) is 0 Å². The zero-order valence-corrected chi connectivity index (χ0v) is 19.0. The third-order valence-electron chi connectivity index (χ3n) is 5.38. The van der Waals surface area contributed by atoms with E-state index >= 15 is 0 Å². The van der Waals surface area contributed by atoms with Crippen LogP contribution in [0.3, 0.4) is 0 Å². The van der Waals surface area contributed by atoms with Crippen molar-refractivity contribution in [2.45, 2.75) is 19.3 Å². The molecule has 1 aliphatic heterocycles. The fourth-order valence-corrected chi connectivity index (χ4v) is 3.56. The maximum absolute atomic E-state index is 12.7. The molecule has 4 rings (SSSR count). The Hall–Kier alpha value is -4.59. The highest BCUT2D eigenvalue weighted by molar-refractivity contribution is 6.19. The van der Waals surface area contributed by atoms with Crippen LogP contribution < -0.4 is 9.47 Å². The van der Waals surface area contributed by atoms with Crippen LogP contribution in [0.4, 0.5) is 0 Å². The first-order chi connectivity index (χ1) is 16.8. The van der Waals surface area contributed by atoms with Gasteiger partial charge in [-0.3, -0.25) is 0 Å². The molecule has 0 radical (unpaired) electrons. The number of aromatic carboxylic acids is 1. The zero-order valence-electron chi connectivity index (χ0n) is 19.0. The van der Waals surface area contributed by atoms with Gasteiger partial charge in [-0.1, -0.05) is 48.5 Å². The summed E-state index contributed by atoms with van der Waals surface area (Å²) in [5, 5.41) is 9.13. The molecule has 8 heteroatoms. The molecule has 178 valence electrons. The van der Waals surface area contributed by atoms with Crippen LogP contribution in [0.15, 0.2) is 78.4 Å². The van der Waals surface area contributed by atoms with Crippen molar-refractivity contribution < 1.29 is 38.4 Å². The minimum absolute atomic E-state index is 0.120. The summed E-state index contributed by atoms with van der Waals surface area (Å²) in [5.74, 6) is -3.37. The van der Waals surface area contributed by atoms with E-state index in [0.29, 0.717) is 28.2 Å². The van der Waals surface area contributed by atoms with E-state index in [1.807, 2.05) is 0 Å². The lowest BCUT2D eigenvalue weighted by Gasteiger charge is -2.33. The minimum Gasteiger partial charge on any atom is -0.493 e. The number of rotatable bonds is 7. The molecule has 1 fully saturated rings. The molecule has 0 unspecified atom stereocenters. The Labute approximate surface area is 201 Å². The van der Waals surface area contributed by atoms with Crippen LogP contribution in [-0.2, 0) is 31.5 Å². The molecule has 1 saturated heterocycles. The average Bonchev–Trinajstić information content (AvgIpc) is 2.86. The van der Waals surface area contributed by atoms with E-state index in [9.17, 15) is 14.4 Å². The van der Waals surface area contributed by atoms with Crippen LogP contribution in [0.2, 0.25) is 0 Å². The van der Waals surface area contributed by atoms with Crippen LogP contribution >= 0.6 is 0 Å². The Morgan fingerprint density at radius 2 is 1.66 bits per heavy atom. The first-order valence-corrected chi connectivity index (χ1v) is 10.7. The van der Waals surface area contributed by atoms with Gasteiger partial charge in [0.05, 0.1) is 12.7 Å². The molecule has 0 aliphatic carbocycles. The van der Waals surface area contributed by atoms with Gasteiger partial charge < -0.3 is 24.1 Å². The van der Waals surface area contributed by atoms with E-state index < -0.39 is 23.7 Å². The molecule has 35 heavy (non-hydrogen) atoms. The Morgan fingerprint density at radius 3 is 2.31 bits per heavy atom. The molecule has 1 aliphatic rings. The molecule has 8 nitrogen and oxygen atoms in total. The molecule has 0 atom stereocenters. The number of ether oxygens (including phenoxy) is 4. The first-order valence-electron chi connectivity index (χ1n) is 10.7. The number of carbonyl (C=O) groups is 3. The number of carboxylic acids is 1. The Bertz CT molecular complexity index is 1290. The predicted octanol–water partition coefficient (Wildman–Crippen LogP) is 4.33. The van der Waals surface area contributed by atoms with E-state index in [-0.39, 0.29) is 17.7 Å². The van der Waals surface area contributed by atoms with Gasteiger partial charge in [-0.2, -0.15) is 0 Å². The Balaban J connectivity index is 1.51. The summed E-state index contributed by atoms with van der Waals surface area (Å²) in [6.45, 7) is 1.63. The van der Waals surface area contributed by atoms with Gasteiger partial charge in [0.1, 0.15) is 12.2 Å². The van der Waals surface area contributed by atoms with Gasteiger partial charge in [0.15, 0.2) is 11.5 Å². The summed E-state index contributed by atoms with van der Waals surface area (Å²) >= 11 is 0. The molecule has 0 bridgehead atoms. The largest absolute Gasteiger partial charge is 0.493 e. The van der Waals surface area contributed by atoms with Gasteiger partial charge in [0, 0.05) is 12.5 Å². The van der Waals surface area contributed by atoms with Crippen molar-refractivity contribution in [1.82, 2.24) is 0 Å². The fraction of sp³-hybridized carbons (Fsp3) is 0.148. The molecule has 0 amide bonds. The topological polar surface area (TPSA) is 108 Å². The maximum Gasteiger partial charge on any atom is 0.349 e. The smallest absolute Gasteiger partial charge is 0.349 e. The fourth-order valence-electron chi connectivity index (χ4n) is 3.56. The molecule has 0 aromatic heterocycles. The summed E-state index contributed by atoms with van der Waals surface area (Å²) in [5.41, 5.74) is 1.62. The average molecular weight is 474 g/mol. The van der Waals surface area contributed by atoms with Gasteiger partial charge in [0.25, 0.3) is 5.79 Å². The second-order valence-electron chi connectivity index (χ2n) is 7.85. The maximum atomic E-state index is 12.7. The SMILES string of the molecule is COc1cc(C=C2C(=O)OC(C)(c3ccccc3)OC2=O)ccc1OCc1cccc(C(=O)O)c1. The van der Waals surface area contributed by atoms with Gasteiger partial charge in [-0.25, -0.2) is 14.4 Å². The van der Waals surface area contributed by atoms with Crippen LogP contribution in [0.25, 0.3) is 6.08 Å². The molecular weight excluding hydrogens is 452 g/mol. The number of carboxylic acid groups (broad SMARTS) is 1. The second kappa shape index (κ2) is 9.72.